The number of amidine groups is 1. The first-order valence-corrected chi connectivity index (χ1v) is 11.9. The van der Waals surface area contributed by atoms with Gasteiger partial charge in [0.05, 0.1) is 24.8 Å². The molecular weight excluding hydrogens is 482 g/mol. The van der Waals surface area contributed by atoms with Crippen LogP contribution in [0.4, 0.5) is 5.69 Å². The fraction of sp³-hybridized carbons (Fsp3) is 0.231. The van der Waals surface area contributed by atoms with Gasteiger partial charge in [-0.2, -0.15) is 0 Å². The fourth-order valence-electron chi connectivity index (χ4n) is 4.71. The topological polar surface area (TPSA) is 121 Å². The number of hydrogen-bond acceptors (Lipinski definition) is 8. The van der Waals surface area contributed by atoms with Crippen LogP contribution in [0.25, 0.3) is 5.57 Å². The lowest BCUT2D eigenvalue weighted by atomic mass is 9.78. The molecule has 10 heteroatoms. The minimum Gasteiger partial charge on any atom is -0.465 e. The van der Waals surface area contributed by atoms with E-state index in [1.807, 2.05) is 12.1 Å². The van der Waals surface area contributed by atoms with E-state index in [2.05, 4.69) is 21.4 Å². The van der Waals surface area contributed by atoms with E-state index in [0.29, 0.717) is 48.6 Å². The second-order valence-corrected chi connectivity index (χ2v) is 9.12. The zero-order valence-corrected chi connectivity index (χ0v) is 19.9. The van der Waals surface area contributed by atoms with Crippen LogP contribution in [0.2, 0.25) is 5.02 Å². The Morgan fingerprint density at radius 2 is 2.00 bits per heavy atom. The van der Waals surface area contributed by atoms with Crippen molar-refractivity contribution in [1.82, 2.24) is 9.97 Å². The van der Waals surface area contributed by atoms with E-state index in [9.17, 15) is 4.79 Å². The summed E-state index contributed by atoms with van der Waals surface area (Å²) < 4.78 is 17.3. The maximum Gasteiger partial charge on any atom is 0.283 e. The average molecular weight is 504 g/mol. The first-order valence-electron chi connectivity index (χ1n) is 11.5. The van der Waals surface area contributed by atoms with Crippen LogP contribution in [0.3, 0.4) is 0 Å². The number of rotatable bonds is 3. The highest BCUT2D eigenvalue weighted by Crippen LogP contribution is 2.52. The zero-order valence-electron chi connectivity index (χ0n) is 19.2. The monoisotopic (exact) mass is 503 g/mol. The number of anilines is 1. The number of carbonyl (C=O) groups excluding carboxylic acids is 1. The number of amides is 1. The molecule has 3 aromatic rings. The average Bonchev–Trinajstić information content (AvgIpc) is 2.90. The number of fused-ring (bicyclic) bond motifs is 4. The van der Waals surface area contributed by atoms with Gasteiger partial charge in [0.25, 0.3) is 11.9 Å². The summed E-state index contributed by atoms with van der Waals surface area (Å²) in [6, 6.07) is 10.7. The Bertz CT molecular complexity index is 1420. The molecule has 2 aromatic heterocycles. The van der Waals surface area contributed by atoms with Crippen molar-refractivity contribution in [2.75, 3.05) is 25.1 Å². The lowest BCUT2D eigenvalue weighted by Gasteiger charge is -2.39. The number of aliphatic imine (C=N–C) groups is 1. The maximum absolute atomic E-state index is 12.8. The van der Waals surface area contributed by atoms with Gasteiger partial charge in [-0.1, -0.05) is 17.7 Å². The van der Waals surface area contributed by atoms with Gasteiger partial charge >= 0.3 is 0 Å². The van der Waals surface area contributed by atoms with Gasteiger partial charge in [-0.05, 0) is 54.0 Å². The Morgan fingerprint density at radius 1 is 1.08 bits per heavy atom. The first kappa shape index (κ1) is 22.5. The van der Waals surface area contributed by atoms with Crippen LogP contribution in [-0.4, -0.2) is 41.7 Å². The summed E-state index contributed by atoms with van der Waals surface area (Å²) in [5, 5.41) is 3.35. The van der Waals surface area contributed by atoms with E-state index in [4.69, 9.17) is 36.5 Å². The van der Waals surface area contributed by atoms with Crippen molar-refractivity contribution < 1.29 is 19.0 Å². The molecular formula is C26H22ClN5O4. The van der Waals surface area contributed by atoms with E-state index in [1.165, 1.54) is 6.20 Å². The second-order valence-electron chi connectivity index (χ2n) is 8.68. The quantitative estimate of drug-likeness (QED) is 0.547. The summed E-state index contributed by atoms with van der Waals surface area (Å²) in [7, 11) is 0. The molecule has 3 N–H and O–H groups in total. The predicted octanol–water partition coefficient (Wildman–Crippen LogP) is 4.27. The van der Waals surface area contributed by atoms with Crippen molar-refractivity contribution in [1.29, 1.82) is 0 Å². The number of nitrogens with one attached hydrogen (secondary N) is 1. The molecule has 182 valence electrons. The van der Waals surface area contributed by atoms with Crippen LogP contribution in [0.15, 0.2) is 59.9 Å². The van der Waals surface area contributed by atoms with Crippen LogP contribution in [-0.2, 0) is 15.0 Å². The van der Waals surface area contributed by atoms with Crippen LogP contribution < -0.4 is 15.8 Å². The van der Waals surface area contributed by atoms with Crippen molar-refractivity contribution >= 4 is 34.8 Å². The van der Waals surface area contributed by atoms with E-state index in [0.717, 1.165) is 28.7 Å². The number of halogens is 1. The zero-order chi connectivity index (χ0) is 24.7. The molecule has 0 saturated carbocycles. The SMILES string of the molecule is NC1=NC2(CCO1)c1cc(NC(=O)c3ccc(Cl)cn3)ccc1Oc1ncc(C3=CCCOC3)cc12. The third-order valence-corrected chi connectivity index (χ3v) is 6.67. The van der Waals surface area contributed by atoms with Gasteiger partial charge in [0.2, 0.25) is 5.88 Å². The highest BCUT2D eigenvalue weighted by atomic mass is 35.5. The number of aromatic nitrogens is 2. The Kier molecular flexibility index (Phi) is 5.58. The summed E-state index contributed by atoms with van der Waals surface area (Å²) in [5.74, 6) is 0.689. The number of carbonyl (C=O) groups is 1. The molecule has 3 aliphatic heterocycles. The highest BCUT2D eigenvalue weighted by Gasteiger charge is 2.45. The lowest BCUT2D eigenvalue weighted by molar-refractivity contribution is 0.102. The third kappa shape index (κ3) is 3.96. The van der Waals surface area contributed by atoms with Crippen molar-refractivity contribution in [2.24, 2.45) is 10.7 Å². The summed E-state index contributed by atoms with van der Waals surface area (Å²) >= 11 is 5.90. The molecule has 1 atom stereocenters. The summed E-state index contributed by atoms with van der Waals surface area (Å²) in [4.78, 5) is 26.3. The van der Waals surface area contributed by atoms with E-state index in [1.54, 1.807) is 30.5 Å². The fourth-order valence-corrected chi connectivity index (χ4v) is 4.82. The minimum absolute atomic E-state index is 0.0884. The molecule has 0 bridgehead atoms. The minimum atomic E-state index is -0.885. The smallest absolute Gasteiger partial charge is 0.283 e. The van der Waals surface area contributed by atoms with Crippen LogP contribution >= 0.6 is 11.6 Å². The van der Waals surface area contributed by atoms with Crippen LogP contribution in [0.5, 0.6) is 11.6 Å². The van der Waals surface area contributed by atoms with Crippen LogP contribution in [0.1, 0.15) is 40.0 Å². The number of benzene rings is 1. The first-order chi connectivity index (χ1) is 17.5. The number of nitrogens with zero attached hydrogens (tertiary/aromatic N) is 3. The number of ether oxygens (including phenoxy) is 3. The summed E-state index contributed by atoms with van der Waals surface area (Å²) in [6.45, 7) is 1.60. The molecule has 0 saturated heterocycles. The van der Waals surface area contributed by atoms with Crippen molar-refractivity contribution in [3.8, 4) is 11.6 Å². The molecule has 0 aliphatic carbocycles. The van der Waals surface area contributed by atoms with Crippen LogP contribution in [0, 0.1) is 0 Å². The van der Waals surface area contributed by atoms with Crippen molar-refractivity contribution in [2.45, 2.75) is 18.4 Å². The van der Waals surface area contributed by atoms with Crippen molar-refractivity contribution in [3.05, 3.63) is 82.3 Å². The van der Waals surface area contributed by atoms with E-state index < -0.39 is 5.54 Å². The van der Waals surface area contributed by atoms with Gasteiger partial charge in [0.1, 0.15) is 17.0 Å². The standard InChI is InChI=1S/C26H22ClN5O4/c27-17-3-5-21(29-13-17)23(33)31-18-4-6-22-19(11-18)26(7-9-35-25(28)32-26)20-10-16(12-30-24(20)36-22)15-2-1-8-34-14-15/h2-6,10-13H,1,7-9,14H2,(H2,28,32)(H,31,33). The van der Waals surface area contributed by atoms with Gasteiger partial charge in [-0.3, -0.25) is 4.79 Å². The maximum atomic E-state index is 12.8. The molecule has 1 spiro atoms. The van der Waals surface area contributed by atoms with Gasteiger partial charge in [-0.25, -0.2) is 15.0 Å². The molecule has 1 aromatic carbocycles. The molecule has 3 aliphatic rings. The van der Waals surface area contributed by atoms with E-state index in [-0.39, 0.29) is 17.6 Å². The molecule has 9 nitrogen and oxygen atoms in total. The summed E-state index contributed by atoms with van der Waals surface area (Å²) in [5.41, 5.74) is 9.57. The molecule has 5 heterocycles. The normalized spacial score (nSPS) is 20.2. The number of pyridine rings is 2. The molecule has 1 unspecified atom stereocenters. The largest absolute Gasteiger partial charge is 0.465 e. The Morgan fingerprint density at radius 3 is 2.78 bits per heavy atom. The predicted molar refractivity (Wildman–Crippen MR) is 134 cm³/mol. The van der Waals surface area contributed by atoms with Crippen molar-refractivity contribution in [3.63, 3.8) is 0 Å². The molecule has 0 fully saturated rings. The Labute approximate surface area is 212 Å². The number of hydrogen-bond donors (Lipinski definition) is 2. The van der Waals surface area contributed by atoms with Gasteiger partial charge in [-0.15, -0.1) is 0 Å². The van der Waals surface area contributed by atoms with E-state index >= 15 is 0 Å². The van der Waals surface area contributed by atoms with Gasteiger partial charge < -0.3 is 25.3 Å². The molecule has 36 heavy (non-hydrogen) atoms. The molecule has 0 radical (unpaired) electrons. The number of nitrogens with two attached hydrogens (primary N) is 1. The highest BCUT2D eigenvalue weighted by molar-refractivity contribution is 6.30. The summed E-state index contributed by atoms with van der Waals surface area (Å²) in [6.07, 6.45) is 6.75. The Balaban J connectivity index is 1.43. The Hall–Kier alpha value is -3.95. The van der Waals surface area contributed by atoms with Gasteiger partial charge in [0.15, 0.2) is 0 Å². The molecule has 1 amide bonds. The molecule has 6 rings (SSSR count). The second kappa shape index (κ2) is 8.92. The van der Waals surface area contributed by atoms with Gasteiger partial charge in [0, 0.05) is 35.6 Å². The third-order valence-electron chi connectivity index (χ3n) is 6.44. The lowest BCUT2D eigenvalue weighted by Crippen LogP contribution is -2.39.